The molecule has 86 valence electrons. The van der Waals surface area contributed by atoms with Crippen molar-refractivity contribution in [1.82, 2.24) is 9.78 Å². The quantitative estimate of drug-likeness (QED) is 0.749. The van der Waals surface area contributed by atoms with Crippen LogP contribution in [0.1, 0.15) is 36.7 Å². The third-order valence-electron chi connectivity index (χ3n) is 3.09. The van der Waals surface area contributed by atoms with Crippen LogP contribution in [0, 0.1) is 26.7 Å². The normalized spacial score (nSPS) is 13.1. The highest BCUT2D eigenvalue weighted by Gasteiger charge is 2.12. The average Bonchev–Trinajstić information content (AvgIpc) is 2.46. The summed E-state index contributed by atoms with van der Waals surface area (Å²) in [7, 11) is 0. The maximum absolute atomic E-state index is 4.58. The molecule has 0 aliphatic carbocycles. The Kier molecular flexibility index (Phi) is 4.84. The Bertz CT molecular complexity index is 318. The number of alkyl halides is 1. The number of rotatable bonds is 5. The molecule has 0 amide bonds. The Balaban J connectivity index is 2.74. The van der Waals surface area contributed by atoms with Crippen LogP contribution in [-0.4, -0.2) is 15.1 Å². The summed E-state index contributed by atoms with van der Waals surface area (Å²) in [5.74, 6) is 0.701. The van der Waals surface area contributed by atoms with Gasteiger partial charge in [-0.05, 0) is 38.7 Å². The monoisotopic (exact) mass is 272 g/mol. The van der Waals surface area contributed by atoms with E-state index in [0.29, 0.717) is 5.92 Å². The van der Waals surface area contributed by atoms with E-state index in [0.717, 1.165) is 17.6 Å². The van der Waals surface area contributed by atoms with Gasteiger partial charge in [0.15, 0.2) is 0 Å². The molecule has 1 aromatic rings. The molecule has 1 heterocycles. The Morgan fingerprint density at radius 3 is 2.40 bits per heavy atom. The molecule has 0 N–H and O–H groups in total. The van der Waals surface area contributed by atoms with Gasteiger partial charge in [-0.2, -0.15) is 5.10 Å². The van der Waals surface area contributed by atoms with Crippen LogP contribution in [0.2, 0.25) is 0 Å². The van der Waals surface area contributed by atoms with E-state index >= 15 is 0 Å². The van der Waals surface area contributed by atoms with Gasteiger partial charge in [0, 0.05) is 17.6 Å². The lowest BCUT2D eigenvalue weighted by Gasteiger charge is -2.14. The number of nitrogens with zero attached hydrogens (tertiary/aromatic N) is 2. The smallest absolute Gasteiger partial charge is 0.0625 e. The van der Waals surface area contributed by atoms with Gasteiger partial charge in [0.1, 0.15) is 0 Å². The minimum atomic E-state index is 0.701. The van der Waals surface area contributed by atoms with Crippen LogP contribution in [0.3, 0.4) is 0 Å². The molecule has 0 spiro atoms. The van der Waals surface area contributed by atoms with Gasteiger partial charge < -0.3 is 0 Å². The molecule has 2 nitrogen and oxygen atoms in total. The maximum atomic E-state index is 4.58. The first-order valence-corrected chi connectivity index (χ1v) is 6.78. The van der Waals surface area contributed by atoms with Gasteiger partial charge in [0.2, 0.25) is 0 Å². The summed E-state index contributed by atoms with van der Waals surface area (Å²) in [5.41, 5.74) is 3.81. The van der Waals surface area contributed by atoms with Gasteiger partial charge >= 0.3 is 0 Å². The van der Waals surface area contributed by atoms with Crippen molar-refractivity contribution in [3.8, 4) is 0 Å². The lowest BCUT2D eigenvalue weighted by Crippen LogP contribution is -2.14. The molecule has 1 rings (SSSR count). The van der Waals surface area contributed by atoms with Gasteiger partial charge in [0.05, 0.1) is 5.69 Å². The summed E-state index contributed by atoms with van der Waals surface area (Å²) in [6.07, 6.45) is 2.51. The highest BCUT2D eigenvalue weighted by Crippen LogP contribution is 2.16. The van der Waals surface area contributed by atoms with Crippen molar-refractivity contribution in [3.05, 3.63) is 17.0 Å². The molecule has 1 unspecified atom stereocenters. The molecule has 0 aliphatic heterocycles. The molecule has 0 bridgehead atoms. The van der Waals surface area contributed by atoms with E-state index in [2.05, 4.69) is 53.4 Å². The zero-order chi connectivity index (χ0) is 11.4. The van der Waals surface area contributed by atoms with Gasteiger partial charge in [-0.15, -0.1) is 0 Å². The fourth-order valence-electron chi connectivity index (χ4n) is 1.83. The summed E-state index contributed by atoms with van der Waals surface area (Å²) in [6, 6.07) is 0. The third kappa shape index (κ3) is 3.07. The highest BCUT2D eigenvalue weighted by atomic mass is 79.9. The summed E-state index contributed by atoms with van der Waals surface area (Å²) >= 11 is 3.58. The lowest BCUT2D eigenvalue weighted by molar-refractivity contribution is 0.422. The minimum absolute atomic E-state index is 0.701. The Morgan fingerprint density at radius 2 is 2.00 bits per heavy atom. The minimum Gasteiger partial charge on any atom is -0.269 e. The van der Waals surface area contributed by atoms with Crippen molar-refractivity contribution in [3.63, 3.8) is 0 Å². The van der Waals surface area contributed by atoms with Crippen molar-refractivity contribution in [2.24, 2.45) is 5.92 Å². The predicted molar refractivity (Wildman–Crippen MR) is 68.6 cm³/mol. The molecular formula is C12H21BrN2. The van der Waals surface area contributed by atoms with E-state index in [9.17, 15) is 0 Å². The predicted octanol–water partition coefficient (Wildman–Crippen LogP) is 3.62. The molecule has 0 fully saturated rings. The van der Waals surface area contributed by atoms with E-state index in [-0.39, 0.29) is 0 Å². The zero-order valence-electron chi connectivity index (χ0n) is 10.2. The fourth-order valence-corrected chi connectivity index (χ4v) is 2.36. The first-order chi connectivity index (χ1) is 7.10. The molecule has 0 saturated heterocycles. The topological polar surface area (TPSA) is 17.8 Å². The number of aryl methyl sites for hydroxylation is 1. The fraction of sp³-hybridized carbons (Fsp3) is 0.750. The van der Waals surface area contributed by atoms with Crippen LogP contribution in [0.15, 0.2) is 0 Å². The molecule has 1 atom stereocenters. The summed E-state index contributed by atoms with van der Waals surface area (Å²) in [4.78, 5) is 0. The van der Waals surface area contributed by atoms with Gasteiger partial charge in [-0.3, -0.25) is 4.68 Å². The van der Waals surface area contributed by atoms with Crippen LogP contribution >= 0.6 is 15.9 Å². The molecule has 3 heteroatoms. The summed E-state index contributed by atoms with van der Waals surface area (Å²) in [6.45, 7) is 9.67. The van der Waals surface area contributed by atoms with Gasteiger partial charge in [0.25, 0.3) is 0 Å². The number of hydrogen-bond donors (Lipinski definition) is 0. The molecule has 0 aromatic carbocycles. The first kappa shape index (κ1) is 12.8. The standard InChI is InChI=1S/C12H21BrN2/c1-5-6-12(7-13)8-15-11(4)9(2)10(3)14-15/h12H,5-8H2,1-4H3. The Morgan fingerprint density at radius 1 is 1.33 bits per heavy atom. The van der Waals surface area contributed by atoms with E-state index in [1.54, 1.807) is 0 Å². The molecule has 1 aromatic heterocycles. The van der Waals surface area contributed by atoms with Crippen molar-refractivity contribution in [2.75, 3.05) is 5.33 Å². The second kappa shape index (κ2) is 5.69. The van der Waals surface area contributed by atoms with Crippen molar-refractivity contribution >= 4 is 15.9 Å². The van der Waals surface area contributed by atoms with E-state index in [1.807, 2.05) is 0 Å². The average molecular weight is 273 g/mol. The van der Waals surface area contributed by atoms with Crippen LogP contribution in [0.5, 0.6) is 0 Å². The number of halogens is 1. The van der Waals surface area contributed by atoms with Crippen molar-refractivity contribution < 1.29 is 0 Å². The van der Waals surface area contributed by atoms with Gasteiger partial charge in [-0.1, -0.05) is 29.3 Å². The van der Waals surface area contributed by atoms with E-state index in [1.165, 1.54) is 24.1 Å². The van der Waals surface area contributed by atoms with Crippen molar-refractivity contribution in [1.29, 1.82) is 0 Å². The van der Waals surface area contributed by atoms with E-state index < -0.39 is 0 Å². The summed E-state index contributed by atoms with van der Waals surface area (Å²) < 4.78 is 2.16. The largest absolute Gasteiger partial charge is 0.269 e. The molecule has 0 saturated carbocycles. The Hall–Kier alpha value is -0.310. The second-order valence-electron chi connectivity index (χ2n) is 4.29. The number of hydrogen-bond acceptors (Lipinski definition) is 1. The lowest BCUT2D eigenvalue weighted by atomic mass is 10.1. The molecule has 0 radical (unpaired) electrons. The first-order valence-electron chi connectivity index (χ1n) is 5.66. The third-order valence-corrected chi connectivity index (χ3v) is 4.01. The van der Waals surface area contributed by atoms with Crippen LogP contribution in [0.25, 0.3) is 0 Å². The zero-order valence-corrected chi connectivity index (χ0v) is 11.8. The van der Waals surface area contributed by atoms with Gasteiger partial charge in [-0.25, -0.2) is 0 Å². The summed E-state index contributed by atoms with van der Waals surface area (Å²) in [5, 5.41) is 5.64. The SMILES string of the molecule is CCCC(CBr)Cn1nc(C)c(C)c1C. The number of aromatic nitrogens is 2. The van der Waals surface area contributed by atoms with Crippen LogP contribution in [0.4, 0.5) is 0 Å². The maximum Gasteiger partial charge on any atom is 0.0625 e. The molecule has 15 heavy (non-hydrogen) atoms. The Labute approximate surface area is 101 Å². The second-order valence-corrected chi connectivity index (χ2v) is 4.93. The van der Waals surface area contributed by atoms with Crippen molar-refractivity contribution in [2.45, 2.75) is 47.1 Å². The van der Waals surface area contributed by atoms with E-state index in [4.69, 9.17) is 0 Å². The van der Waals surface area contributed by atoms with Crippen LogP contribution < -0.4 is 0 Å². The highest BCUT2D eigenvalue weighted by molar-refractivity contribution is 9.09. The molecular weight excluding hydrogens is 252 g/mol. The molecule has 0 aliphatic rings. The van der Waals surface area contributed by atoms with Crippen LogP contribution in [-0.2, 0) is 6.54 Å².